The summed E-state index contributed by atoms with van der Waals surface area (Å²) in [5.74, 6) is 1.43. The van der Waals surface area contributed by atoms with Crippen molar-refractivity contribution in [3.8, 4) is 22.8 Å². The Bertz CT molecular complexity index is 572. The van der Waals surface area contributed by atoms with Crippen molar-refractivity contribution in [1.29, 1.82) is 0 Å². The van der Waals surface area contributed by atoms with Gasteiger partial charge in [-0.2, -0.15) is 4.37 Å². The van der Waals surface area contributed by atoms with E-state index in [0.717, 1.165) is 30.1 Å². The lowest BCUT2D eigenvalue weighted by molar-refractivity contribution is 0.199. The van der Waals surface area contributed by atoms with Crippen LogP contribution < -0.4 is 14.8 Å². The maximum Gasteiger partial charge on any atom is 0.161 e. The fourth-order valence-electron chi connectivity index (χ4n) is 1.91. The zero-order valence-electron chi connectivity index (χ0n) is 12.5. The molecule has 0 radical (unpaired) electrons. The molecule has 0 unspecified atom stereocenters. The van der Waals surface area contributed by atoms with Crippen LogP contribution in [0.1, 0.15) is 4.88 Å². The number of nitrogens with one attached hydrogen (secondary N) is 1. The van der Waals surface area contributed by atoms with Gasteiger partial charge >= 0.3 is 0 Å². The first-order valence-corrected chi connectivity index (χ1v) is 7.43. The van der Waals surface area contributed by atoms with Crippen molar-refractivity contribution in [2.24, 2.45) is 0 Å². The fourth-order valence-corrected chi connectivity index (χ4v) is 2.62. The molecule has 0 fully saturated rings. The van der Waals surface area contributed by atoms with Crippen molar-refractivity contribution in [3.05, 3.63) is 29.1 Å². The van der Waals surface area contributed by atoms with E-state index in [4.69, 9.17) is 14.2 Å². The quantitative estimate of drug-likeness (QED) is 0.760. The lowest BCUT2D eigenvalue weighted by Crippen LogP contribution is -2.17. The average Bonchev–Trinajstić information content (AvgIpc) is 2.99. The van der Waals surface area contributed by atoms with Gasteiger partial charge in [0.05, 0.1) is 26.5 Å². The van der Waals surface area contributed by atoms with Gasteiger partial charge in [0.1, 0.15) is 0 Å². The van der Waals surface area contributed by atoms with Crippen molar-refractivity contribution >= 4 is 11.5 Å². The molecular weight excluding hydrogens is 288 g/mol. The summed E-state index contributed by atoms with van der Waals surface area (Å²) in [7, 11) is 4.96. The Balaban J connectivity index is 2.06. The molecule has 1 N–H and O–H groups in total. The molecule has 21 heavy (non-hydrogen) atoms. The van der Waals surface area contributed by atoms with Gasteiger partial charge in [0.25, 0.3) is 0 Å². The monoisotopic (exact) mass is 308 g/mol. The second-order valence-corrected chi connectivity index (χ2v) is 5.31. The van der Waals surface area contributed by atoms with Gasteiger partial charge in [-0.1, -0.05) is 0 Å². The van der Waals surface area contributed by atoms with Crippen LogP contribution in [0.4, 0.5) is 0 Å². The minimum Gasteiger partial charge on any atom is -0.493 e. The third kappa shape index (κ3) is 4.17. The maximum atomic E-state index is 5.32. The number of aromatic nitrogens is 1. The van der Waals surface area contributed by atoms with Gasteiger partial charge in [-0.15, -0.1) is 0 Å². The molecule has 0 aliphatic heterocycles. The molecule has 2 rings (SSSR count). The molecule has 0 amide bonds. The first-order chi connectivity index (χ1) is 10.3. The van der Waals surface area contributed by atoms with Gasteiger partial charge in [0.15, 0.2) is 11.5 Å². The summed E-state index contributed by atoms with van der Waals surface area (Å²) in [6.45, 7) is 2.34. The molecule has 0 atom stereocenters. The van der Waals surface area contributed by atoms with Gasteiger partial charge in [-0.3, -0.25) is 0 Å². The molecule has 0 aliphatic carbocycles. The lowest BCUT2D eigenvalue weighted by Gasteiger charge is -2.08. The second-order valence-electron chi connectivity index (χ2n) is 4.42. The number of rotatable bonds is 8. The molecule has 6 heteroatoms. The number of methoxy groups -OCH3 is 3. The third-order valence-electron chi connectivity index (χ3n) is 3.02. The van der Waals surface area contributed by atoms with E-state index in [-0.39, 0.29) is 0 Å². The van der Waals surface area contributed by atoms with E-state index < -0.39 is 0 Å². The van der Waals surface area contributed by atoms with Crippen LogP contribution in [0.2, 0.25) is 0 Å². The highest BCUT2D eigenvalue weighted by Gasteiger charge is 2.09. The predicted molar refractivity (Wildman–Crippen MR) is 84.2 cm³/mol. The van der Waals surface area contributed by atoms with Crippen molar-refractivity contribution in [2.75, 3.05) is 34.5 Å². The summed E-state index contributed by atoms with van der Waals surface area (Å²) in [5.41, 5.74) is 1.97. The molecule has 114 valence electrons. The first kappa shape index (κ1) is 15.8. The van der Waals surface area contributed by atoms with Crippen LogP contribution in [0, 0.1) is 0 Å². The van der Waals surface area contributed by atoms with E-state index in [1.807, 2.05) is 18.2 Å². The molecule has 0 saturated carbocycles. The van der Waals surface area contributed by atoms with E-state index in [0.29, 0.717) is 12.4 Å². The minimum absolute atomic E-state index is 0.710. The van der Waals surface area contributed by atoms with E-state index in [1.54, 1.807) is 21.3 Å². The van der Waals surface area contributed by atoms with Crippen molar-refractivity contribution in [3.63, 3.8) is 0 Å². The summed E-state index contributed by atoms with van der Waals surface area (Å²) < 4.78 is 20.1. The summed E-state index contributed by atoms with van der Waals surface area (Å²) >= 11 is 1.50. The fraction of sp³-hybridized carbons (Fsp3) is 0.400. The molecule has 0 spiro atoms. The standard InChI is InChI=1S/C15H20N2O3S/c1-18-7-6-16-10-12-9-13(17-21-12)11-4-5-14(19-2)15(8-11)20-3/h4-5,8-9,16H,6-7,10H2,1-3H3. The molecule has 1 heterocycles. The number of hydrogen-bond donors (Lipinski definition) is 1. The lowest BCUT2D eigenvalue weighted by atomic mass is 10.1. The van der Waals surface area contributed by atoms with Crippen LogP contribution in [0.25, 0.3) is 11.3 Å². The predicted octanol–water partition coefficient (Wildman–Crippen LogP) is 2.56. The summed E-state index contributed by atoms with van der Waals surface area (Å²) in [6.07, 6.45) is 0. The Morgan fingerprint density at radius 2 is 1.90 bits per heavy atom. The van der Waals surface area contributed by atoms with Crippen molar-refractivity contribution in [2.45, 2.75) is 6.54 Å². The van der Waals surface area contributed by atoms with Gasteiger partial charge in [0.2, 0.25) is 0 Å². The van der Waals surface area contributed by atoms with Gasteiger partial charge < -0.3 is 19.5 Å². The zero-order chi connectivity index (χ0) is 15.1. The first-order valence-electron chi connectivity index (χ1n) is 6.66. The highest BCUT2D eigenvalue weighted by molar-refractivity contribution is 7.06. The van der Waals surface area contributed by atoms with E-state index in [1.165, 1.54) is 16.4 Å². The summed E-state index contributed by atoms with van der Waals surface area (Å²) in [5, 5.41) is 3.31. The smallest absolute Gasteiger partial charge is 0.161 e. The highest BCUT2D eigenvalue weighted by atomic mass is 32.1. The van der Waals surface area contributed by atoms with Crippen molar-refractivity contribution < 1.29 is 14.2 Å². The molecule has 1 aromatic carbocycles. The summed E-state index contributed by atoms with van der Waals surface area (Å²) in [4.78, 5) is 1.19. The largest absolute Gasteiger partial charge is 0.493 e. The number of ether oxygens (including phenoxy) is 3. The highest BCUT2D eigenvalue weighted by Crippen LogP contribution is 2.32. The number of nitrogens with zero attached hydrogens (tertiary/aromatic N) is 1. The van der Waals surface area contributed by atoms with E-state index >= 15 is 0 Å². The SMILES string of the molecule is COCCNCc1cc(-c2ccc(OC)c(OC)c2)ns1. The molecule has 1 aromatic heterocycles. The van der Waals surface area contributed by atoms with Gasteiger partial charge in [0, 0.05) is 30.6 Å². The van der Waals surface area contributed by atoms with Crippen LogP contribution >= 0.6 is 11.5 Å². The van der Waals surface area contributed by atoms with Crippen LogP contribution in [0.5, 0.6) is 11.5 Å². The second kappa shape index (κ2) is 7.97. The average molecular weight is 308 g/mol. The molecule has 0 aliphatic rings. The zero-order valence-corrected chi connectivity index (χ0v) is 13.3. The Kier molecular flexibility index (Phi) is 5.98. The van der Waals surface area contributed by atoms with Gasteiger partial charge in [-0.05, 0) is 35.8 Å². The van der Waals surface area contributed by atoms with Crippen LogP contribution in [0.15, 0.2) is 24.3 Å². The number of hydrogen-bond acceptors (Lipinski definition) is 6. The molecule has 2 aromatic rings. The Labute approximate surface area is 129 Å². The van der Waals surface area contributed by atoms with Crippen LogP contribution in [-0.4, -0.2) is 38.9 Å². The van der Waals surface area contributed by atoms with Crippen molar-refractivity contribution in [1.82, 2.24) is 9.69 Å². The van der Waals surface area contributed by atoms with E-state index in [2.05, 4.69) is 15.8 Å². The Morgan fingerprint density at radius 1 is 1.10 bits per heavy atom. The molecule has 0 saturated heterocycles. The minimum atomic E-state index is 0.710. The Hall–Kier alpha value is -1.63. The molecule has 5 nitrogen and oxygen atoms in total. The number of benzene rings is 1. The molecule has 0 bridgehead atoms. The molecular formula is C15H20N2O3S. The maximum absolute atomic E-state index is 5.32. The van der Waals surface area contributed by atoms with Gasteiger partial charge in [-0.25, -0.2) is 0 Å². The third-order valence-corrected chi connectivity index (χ3v) is 3.81. The normalized spacial score (nSPS) is 10.6. The topological polar surface area (TPSA) is 52.6 Å². The van der Waals surface area contributed by atoms with E-state index in [9.17, 15) is 0 Å². The Morgan fingerprint density at radius 3 is 2.62 bits per heavy atom. The van der Waals surface area contributed by atoms with Crippen LogP contribution in [0.3, 0.4) is 0 Å². The van der Waals surface area contributed by atoms with Crippen LogP contribution in [-0.2, 0) is 11.3 Å². The summed E-state index contributed by atoms with van der Waals surface area (Å²) in [6, 6.07) is 7.91.